The number of hydrogen-bond donors (Lipinski definition) is 0. The third-order valence-electron chi connectivity index (χ3n) is 2.98. The minimum atomic E-state index is -0.0703. The lowest BCUT2D eigenvalue weighted by Crippen LogP contribution is -2.27. The molecule has 0 unspecified atom stereocenters. The largest absolute Gasteiger partial charge is 0.270 e. The highest BCUT2D eigenvalue weighted by Gasteiger charge is 2.33. The lowest BCUT2D eigenvalue weighted by molar-refractivity contribution is -0.113. The predicted octanol–water partition coefficient (Wildman–Crippen LogP) is 4.85. The van der Waals surface area contributed by atoms with Gasteiger partial charge in [0.05, 0.1) is 10.6 Å². The Labute approximate surface area is 141 Å². The number of para-hydroxylation sites is 1. The Morgan fingerprint density at radius 3 is 2.38 bits per heavy atom. The van der Waals surface area contributed by atoms with Crippen LogP contribution in [0.25, 0.3) is 6.08 Å². The molecule has 2 nitrogen and oxygen atoms in total. The van der Waals surface area contributed by atoms with Crippen molar-refractivity contribution in [3.05, 3.63) is 69.5 Å². The first kappa shape index (κ1) is 14.5. The molecule has 0 atom stereocenters. The molecule has 0 bridgehead atoms. The molecule has 3 rings (SSSR count). The van der Waals surface area contributed by atoms with Gasteiger partial charge in [-0.1, -0.05) is 70.2 Å². The summed E-state index contributed by atoms with van der Waals surface area (Å²) in [6.07, 6.45) is 1.87. The van der Waals surface area contributed by atoms with Crippen LogP contribution in [0.3, 0.4) is 0 Å². The van der Waals surface area contributed by atoms with Crippen molar-refractivity contribution in [1.82, 2.24) is 0 Å². The molecule has 21 heavy (non-hydrogen) atoms. The fourth-order valence-electron chi connectivity index (χ4n) is 1.98. The molecule has 0 spiro atoms. The summed E-state index contributed by atoms with van der Waals surface area (Å²) in [5, 5.41) is 0. The van der Waals surface area contributed by atoms with Gasteiger partial charge in [0.25, 0.3) is 5.91 Å². The number of nitrogens with zero attached hydrogens (tertiary/aromatic N) is 1. The van der Waals surface area contributed by atoms with Gasteiger partial charge < -0.3 is 0 Å². The van der Waals surface area contributed by atoms with Crippen LogP contribution in [0, 0.1) is 0 Å². The van der Waals surface area contributed by atoms with Gasteiger partial charge in [0.1, 0.15) is 0 Å². The van der Waals surface area contributed by atoms with Gasteiger partial charge in [0, 0.05) is 4.47 Å². The molecule has 1 heterocycles. The maximum Gasteiger partial charge on any atom is 0.270 e. The molecular weight excluding hydrogens is 366 g/mol. The van der Waals surface area contributed by atoms with Crippen molar-refractivity contribution in [2.45, 2.75) is 0 Å². The number of amides is 1. The van der Waals surface area contributed by atoms with Gasteiger partial charge in [-0.3, -0.25) is 9.69 Å². The zero-order valence-corrected chi connectivity index (χ0v) is 14.0. The second-order valence-electron chi connectivity index (χ2n) is 4.40. The number of benzene rings is 2. The normalized spacial score (nSPS) is 16.8. The SMILES string of the molecule is O=C1/C(=C\c2ccc(Br)cc2)SC(=S)N1c1ccccc1. The van der Waals surface area contributed by atoms with Crippen LogP contribution in [0.5, 0.6) is 0 Å². The Hall–Kier alpha value is -1.43. The van der Waals surface area contributed by atoms with Crippen molar-refractivity contribution in [2.75, 3.05) is 4.90 Å². The Morgan fingerprint density at radius 2 is 1.71 bits per heavy atom. The fraction of sp³-hybridized carbons (Fsp3) is 0. The highest BCUT2D eigenvalue weighted by molar-refractivity contribution is 9.10. The molecule has 104 valence electrons. The van der Waals surface area contributed by atoms with Gasteiger partial charge in [-0.25, -0.2) is 0 Å². The summed E-state index contributed by atoms with van der Waals surface area (Å²) in [7, 11) is 0. The monoisotopic (exact) mass is 375 g/mol. The first-order valence-electron chi connectivity index (χ1n) is 6.24. The maximum absolute atomic E-state index is 12.5. The van der Waals surface area contributed by atoms with Gasteiger partial charge in [-0.15, -0.1) is 0 Å². The van der Waals surface area contributed by atoms with Crippen LogP contribution in [0.4, 0.5) is 5.69 Å². The number of halogens is 1. The second-order valence-corrected chi connectivity index (χ2v) is 7.00. The third kappa shape index (κ3) is 3.10. The van der Waals surface area contributed by atoms with E-state index in [4.69, 9.17) is 12.2 Å². The summed E-state index contributed by atoms with van der Waals surface area (Å²) in [4.78, 5) is 14.7. The summed E-state index contributed by atoms with van der Waals surface area (Å²) < 4.78 is 1.58. The van der Waals surface area contributed by atoms with Crippen molar-refractivity contribution < 1.29 is 4.79 Å². The van der Waals surface area contributed by atoms with Crippen molar-refractivity contribution in [2.24, 2.45) is 0 Å². The first-order valence-corrected chi connectivity index (χ1v) is 8.25. The molecule has 5 heteroatoms. The third-order valence-corrected chi connectivity index (χ3v) is 4.81. The second kappa shape index (κ2) is 6.13. The van der Waals surface area contributed by atoms with E-state index in [9.17, 15) is 4.79 Å². The van der Waals surface area contributed by atoms with Crippen LogP contribution in [0.15, 0.2) is 64.0 Å². The summed E-state index contributed by atoms with van der Waals surface area (Å²) in [6.45, 7) is 0. The van der Waals surface area contributed by atoms with E-state index < -0.39 is 0 Å². The number of hydrogen-bond acceptors (Lipinski definition) is 3. The van der Waals surface area contributed by atoms with Gasteiger partial charge in [0.2, 0.25) is 0 Å². The molecule has 1 saturated heterocycles. The molecule has 0 radical (unpaired) electrons. The molecular formula is C16H10BrNOS2. The zero-order chi connectivity index (χ0) is 14.8. The number of carbonyl (C=O) groups excluding carboxylic acids is 1. The number of rotatable bonds is 2. The van der Waals surface area contributed by atoms with E-state index in [1.807, 2.05) is 60.7 Å². The van der Waals surface area contributed by atoms with Crippen LogP contribution in [0.1, 0.15) is 5.56 Å². The maximum atomic E-state index is 12.5. The summed E-state index contributed by atoms with van der Waals surface area (Å²) in [6, 6.07) is 17.3. The van der Waals surface area contributed by atoms with E-state index in [0.717, 1.165) is 15.7 Å². The standard InChI is InChI=1S/C16H10BrNOS2/c17-12-8-6-11(7-9-12)10-14-15(19)18(16(20)21-14)13-4-2-1-3-5-13/h1-10H/b14-10+. The van der Waals surface area contributed by atoms with Gasteiger partial charge in [0.15, 0.2) is 4.32 Å². The molecule has 1 fully saturated rings. The Kier molecular flexibility index (Phi) is 4.24. The first-order chi connectivity index (χ1) is 10.1. The van der Waals surface area contributed by atoms with Crippen LogP contribution in [-0.2, 0) is 4.79 Å². The molecule has 0 saturated carbocycles. The average Bonchev–Trinajstić information content (AvgIpc) is 2.77. The number of thioether (sulfide) groups is 1. The average molecular weight is 376 g/mol. The molecule has 0 N–H and O–H groups in total. The molecule has 1 aliphatic rings. The van der Waals surface area contributed by atoms with Crippen molar-refractivity contribution >= 4 is 61.9 Å². The lowest BCUT2D eigenvalue weighted by Gasteiger charge is -2.13. The van der Waals surface area contributed by atoms with E-state index >= 15 is 0 Å². The van der Waals surface area contributed by atoms with E-state index in [2.05, 4.69) is 15.9 Å². The van der Waals surface area contributed by atoms with E-state index in [1.165, 1.54) is 11.8 Å². The topological polar surface area (TPSA) is 20.3 Å². The molecule has 1 aliphatic heterocycles. The summed E-state index contributed by atoms with van der Waals surface area (Å²) in [5.41, 5.74) is 1.78. The van der Waals surface area contributed by atoms with E-state index in [0.29, 0.717) is 9.23 Å². The molecule has 2 aromatic rings. The summed E-state index contributed by atoms with van der Waals surface area (Å²) >= 11 is 10.1. The number of thiocarbonyl (C=S) groups is 1. The van der Waals surface area contributed by atoms with Crippen molar-refractivity contribution in [3.63, 3.8) is 0 Å². The minimum Gasteiger partial charge on any atom is -0.268 e. The van der Waals surface area contributed by atoms with E-state index in [-0.39, 0.29) is 5.91 Å². The predicted molar refractivity (Wildman–Crippen MR) is 96.2 cm³/mol. The molecule has 1 amide bonds. The van der Waals surface area contributed by atoms with Gasteiger partial charge >= 0.3 is 0 Å². The molecule has 0 aliphatic carbocycles. The van der Waals surface area contributed by atoms with Crippen molar-refractivity contribution in [1.29, 1.82) is 0 Å². The Morgan fingerprint density at radius 1 is 1.05 bits per heavy atom. The molecule has 2 aromatic carbocycles. The molecule has 0 aromatic heterocycles. The highest BCUT2D eigenvalue weighted by Crippen LogP contribution is 2.35. The van der Waals surface area contributed by atoms with Crippen LogP contribution < -0.4 is 4.90 Å². The van der Waals surface area contributed by atoms with Crippen molar-refractivity contribution in [3.8, 4) is 0 Å². The minimum absolute atomic E-state index is 0.0703. The highest BCUT2D eigenvalue weighted by atomic mass is 79.9. The van der Waals surface area contributed by atoms with Gasteiger partial charge in [-0.05, 0) is 35.9 Å². The number of carbonyl (C=O) groups is 1. The lowest BCUT2D eigenvalue weighted by atomic mass is 10.2. The van der Waals surface area contributed by atoms with Crippen LogP contribution in [-0.4, -0.2) is 10.2 Å². The smallest absolute Gasteiger partial charge is 0.268 e. The van der Waals surface area contributed by atoms with Crippen LogP contribution >= 0.6 is 39.9 Å². The summed E-state index contributed by atoms with van der Waals surface area (Å²) in [5.74, 6) is -0.0703. The number of anilines is 1. The Balaban J connectivity index is 1.92. The van der Waals surface area contributed by atoms with Crippen LogP contribution in [0.2, 0.25) is 0 Å². The zero-order valence-electron chi connectivity index (χ0n) is 10.8. The van der Waals surface area contributed by atoms with Gasteiger partial charge in [-0.2, -0.15) is 0 Å². The quantitative estimate of drug-likeness (QED) is 0.552. The fourth-order valence-corrected chi connectivity index (χ4v) is 3.54. The van der Waals surface area contributed by atoms with E-state index in [1.54, 1.807) is 4.90 Å². The Bertz CT molecular complexity index is 726.